The van der Waals surface area contributed by atoms with Gasteiger partial charge in [0.25, 0.3) is 0 Å². The quantitative estimate of drug-likeness (QED) is 0.196. The van der Waals surface area contributed by atoms with Crippen LogP contribution in [0.2, 0.25) is 0 Å². The Bertz CT molecular complexity index is 1980. The highest BCUT2D eigenvalue weighted by molar-refractivity contribution is 9.10. The van der Waals surface area contributed by atoms with E-state index in [0.717, 1.165) is 36.6 Å². The summed E-state index contributed by atoms with van der Waals surface area (Å²) in [5, 5.41) is 4.65. The van der Waals surface area contributed by atoms with Gasteiger partial charge in [0.15, 0.2) is 0 Å². The molecule has 1 aromatic heterocycles. The van der Waals surface area contributed by atoms with Crippen molar-refractivity contribution in [2.24, 2.45) is 5.92 Å². The SMILES string of the molecule is O=C(Cn1c2c(sc1=O)[C@@H](c1ccc(Br)cc1)[C@@H]1C(=O)N(c3ccc(Br)cc3)C(=O)[C@@H]1S2)Nc1cccc2ccccc12. The second-order valence-corrected chi connectivity index (χ2v) is 14.2. The maximum absolute atomic E-state index is 14.0. The van der Waals surface area contributed by atoms with Crippen molar-refractivity contribution in [3.63, 3.8) is 0 Å². The van der Waals surface area contributed by atoms with Crippen molar-refractivity contribution in [1.82, 2.24) is 4.57 Å². The lowest BCUT2D eigenvalue weighted by atomic mass is 9.83. The third-order valence-electron chi connectivity index (χ3n) is 7.73. The molecule has 7 rings (SSSR count). The summed E-state index contributed by atoms with van der Waals surface area (Å²) in [5.74, 6) is -2.21. The Hall–Kier alpha value is -3.51. The van der Waals surface area contributed by atoms with Crippen molar-refractivity contribution < 1.29 is 14.4 Å². The number of anilines is 2. The van der Waals surface area contributed by atoms with Gasteiger partial charge < -0.3 is 5.32 Å². The second-order valence-electron chi connectivity index (χ2n) is 10.3. The molecule has 0 spiro atoms. The Morgan fingerprint density at radius 1 is 0.814 bits per heavy atom. The van der Waals surface area contributed by atoms with Crippen LogP contribution in [0.5, 0.6) is 0 Å². The molecule has 3 amide bonds. The van der Waals surface area contributed by atoms with Gasteiger partial charge in [0.2, 0.25) is 17.7 Å². The number of halogens is 2. The number of benzene rings is 4. The van der Waals surface area contributed by atoms with Crippen molar-refractivity contribution >= 4 is 94.8 Å². The molecule has 43 heavy (non-hydrogen) atoms. The second kappa shape index (κ2) is 11.2. The van der Waals surface area contributed by atoms with E-state index in [-0.39, 0.29) is 29.1 Å². The summed E-state index contributed by atoms with van der Waals surface area (Å²) in [6, 6.07) is 28.1. The molecule has 4 aromatic carbocycles. The van der Waals surface area contributed by atoms with Gasteiger partial charge in [-0.05, 0) is 53.4 Å². The predicted molar refractivity (Wildman–Crippen MR) is 177 cm³/mol. The minimum atomic E-state index is -0.751. The van der Waals surface area contributed by atoms with Crippen LogP contribution < -0.4 is 15.1 Å². The minimum Gasteiger partial charge on any atom is -0.324 e. The van der Waals surface area contributed by atoms with E-state index in [0.29, 0.717) is 21.3 Å². The molecule has 3 heterocycles. The molecule has 7 nitrogen and oxygen atoms in total. The van der Waals surface area contributed by atoms with E-state index in [1.807, 2.05) is 66.7 Å². The number of hydrogen-bond donors (Lipinski definition) is 1. The van der Waals surface area contributed by atoms with Crippen LogP contribution in [0, 0.1) is 5.92 Å². The average molecular weight is 735 g/mol. The van der Waals surface area contributed by atoms with Crippen LogP contribution in [-0.2, 0) is 20.9 Å². The largest absolute Gasteiger partial charge is 0.324 e. The summed E-state index contributed by atoms with van der Waals surface area (Å²) in [4.78, 5) is 56.3. The molecule has 1 saturated heterocycles. The first kappa shape index (κ1) is 28.3. The van der Waals surface area contributed by atoms with Gasteiger partial charge in [-0.15, -0.1) is 0 Å². The number of nitrogens with zero attached hydrogens (tertiary/aromatic N) is 2. The number of carbonyl (C=O) groups excluding carboxylic acids is 3. The van der Waals surface area contributed by atoms with Crippen LogP contribution in [0.4, 0.5) is 11.4 Å². The Kier molecular flexibility index (Phi) is 7.37. The topological polar surface area (TPSA) is 88.5 Å². The predicted octanol–water partition coefficient (Wildman–Crippen LogP) is 7.02. The van der Waals surface area contributed by atoms with E-state index in [2.05, 4.69) is 37.2 Å². The first-order valence-electron chi connectivity index (χ1n) is 13.4. The highest BCUT2D eigenvalue weighted by atomic mass is 79.9. The van der Waals surface area contributed by atoms with Gasteiger partial charge >= 0.3 is 4.87 Å². The van der Waals surface area contributed by atoms with Crippen molar-refractivity contribution in [1.29, 1.82) is 0 Å². The number of nitrogens with one attached hydrogen (secondary N) is 1. The summed E-state index contributed by atoms with van der Waals surface area (Å²) >= 11 is 9.13. The molecule has 0 unspecified atom stereocenters. The van der Waals surface area contributed by atoms with Crippen LogP contribution in [0.25, 0.3) is 10.8 Å². The van der Waals surface area contributed by atoms with Crippen molar-refractivity contribution in [2.45, 2.75) is 22.7 Å². The molecular formula is C32H21Br2N3O4S2. The van der Waals surface area contributed by atoms with Gasteiger partial charge in [0.05, 0.1) is 16.6 Å². The van der Waals surface area contributed by atoms with E-state index in [4.69, 9.17) is 0 Å². The van der Waals surface area contributed by atoms with E-state index in [1.54, 1.807) is 24.3 Å². The molecule has 214 valence electrons. The minimum absolute atomic E-state index is 0.218. The number of thiazole rings is 1. The molecule has 0 aliphatic carbocycles. The van der Waals surface area contributed by atoms with Crippen molar-refractivity contribution in [2.75, 3.05) is 10.2 Å². The fourth-order valence-corrected chi connectivity index (χ4v) is 9.10. The molecule has 1 fully saturated rings. The molecule has 0 bridgehead atoms. The van der Waals surface area contributed by atoms with E-state index in [9.17, 15) is 19.2 Å². The van der Waals surface area contributed by atoms with Gasteiger partial charge in [-0.3, -0.25) is 23.7 Å². The first-order valence-corrected chi connectivity index (χ1v) is 16.6. The molecule has 0 radical (unpaired) electrons. The Balaban J connectivity index is 1.28. The number of hydrogen-bond acceptors (Lipinski definition) is 6. The summed E-state index contributed by atoms with van der Waals surface area (Å²) in [7, 11) is 0. The zero-order valence-corrected chi connectivity index (χ0v) is 27.0. The van der Waals surface area contributed by atoms with E-state index in [1.165, 1.54) is 21.2 Å². The molecule has 5 aromatic rings. The van der Waals surface area contributed by atoms with E-state index < -0.39 is 17.1 Å². The van der Waals surface area contributed by atoms with Crippen LogP contribution >= 0.6 is 55.0 Å². The lowest BCUT2D eigenvalue weighted by Gasteiger charge is -2.30. The number of imide groups is 1. The number of rotatable bonds is 5. The lowest BCUT2D eigenvalue weighted by Crippen LogP contribution is -2.33. The maximum Gasteiger partial charge on any atom is 0.308 e. The summed E-state index contributed by atoms with van der Waals surface area (Å²) in [5.41, 5.74) is 1.98. The molecule has 2 aliphatic heterocycles. The number of carbonyl (C=O) groups is 3. The van der Waals surface area contributed by atoms with Crippen LogP contribution in [0.1, 0.15) is 16.4 Å². The molecule has 11 heteroatoms. The fraction of sp³-hybridized carbons (Fsp3) is 0.125. The van der Waals surface area contributed by atoms with Gasteiger partial charge in [0, 0.05) is 30.8 Å². The Labute approximate surface area is 271 Å². The molecule has 3 atom stereocenters. The van der Waals surface area contributed by atoms with Crippen LogP contribution in [0.15, 0.2) is 110 Å². The maximum atomic E-state index is 14.0. The van der Waals surface area contributed by atoms with Gasteiger partial charge in [-0.1, -0.05) is 103 Å². The highest BCUT2D eigenvalue weighted by Crippen LogP contribution is 2.54. The van der Waals surface area contributed by atoms with Gasteiger partial charge in [-0.2, -0.15) is 0 Å². The Morgan fingerprint density at radius 2 is 1.49 bits per heavy atom. The standard InChI is InChI=1S/C32H21Br2N3O4S2/c33-19-10-8-18(9-11-19)25-26-27(30(40)37(29(26)39)21-14-12-20(34)13-15-21)42-31-28(25)43-32(41)36(31)16-24(38)35-23-7-3-5-17-4-1-2-6-22(17)23/h1-15,25-27H,16H2,(H,35,38)/t25-,26-,27+/m0/s1. The summed E-state index contributed by atoms with van der Waals surface area (Å²) in [6.07, 6.45) is 0. The number of aromatic nitrogens is 1. The molecule has 1 N–H and O–H groups in total. The van der Waals surface area contributed by atoms with E-state index >= 15 is 0 Å². The smallest absolute Gasteiger partial charge is 0.308 e. The van der Waals surface area contributed by atoms with Crippen LogP contribution in [0.3, 0.4) is 0 Å². The Morgan fingerprint density at radius 3 is 2.23 bits per heavy atom. The third-order valence-corrected chi connectivity index (χ3v) is 11.4. The zero-order chi connectivity index (χ0) is 29.8. The fourth-order valence-electron chi connectivity index (χ4n) is 5.80. The van der Waals surface area contributed by atoms with Crippen LogP contribution in [-0.4, -0.2) is 27.5 Å². The highest BCUT2D eigenvalue weighted by Gasteiger charge is 2.56. The normalized spacial score (nSPS) is 19.4. The van der Waals surface area contributed by atoms with Crippen molar-refractivity contribution in [3.8, 4) is 0 Å². The van der Waals surface area contributed by atoms with Gasteiger partial charge in [0.1, 0.15) is 11.8 Å². The monoisotopic (exact) mass is 733 g/mol. The first-order chi connectivity index (χ1) is 20.8. The average Bonchev–Trinajstić information content (AvgIpc) is 3.44. The number of thioether (sulfide) groups is 1. The third kappa shape index (κ3) is 4.98. The summed E-state index contributed by atoms with van der Waals surface area (Å²) in [6.45, 7) is -0.218. The number of amides is 3. The lowest BCUT2D eigenvalue weighted by molar-refractivity contribution is -0.122. The van der Waals surface area contributed by atoms with Gasteiger partial charge in [-0.25, -0.2) is 4.90 Å². The number of fused-ring (bicyclic) bond motifs is 3. The summed E-state index contributed by atoms with van der Waals surface area (Å²) < 4.78 is 3.15. The molecular weight excluding hydrogens is 714 g/mol. The molecule has 0 saturated carbocycles. The van der Waals surface area contributed by atoms with Crippen molar-refractivity contribution in [3.05, 3.63) is 120 Å². The molecule has 2 aliphatic rings. The zero-order valence-electron chi connectivity index (χ0n) is 22.2.